The van der Waals surface area contributed by atoms with Crippen LogP contribution in [-0.4, -0.2) is 0 Å². The van der Waals surface area contributed by atoms with Gasteiger partial charge in [0.15, 0.2) is 0 Å². The minimum atomic E-state index is 1.16. The Morgan fingerprint density at radius 2 is 1.76 bits per heavy atom. The van der Waals surface area contributed by atoms with Gasteiger partial charge in [0.2, 0.25) is 0 Å². The SMILES string of the molecule is C=C/C(=C\C=C/C)Sc1ccc(C)cc1.CC. The lowest BCUT2D eigenvalue weighted by molar-refractivity contribution is 1.38. The molecule has 0 amide bonds. The quantitative estimate of drug-likeness (QED) is 0.481. The molecule has 1 aromatic carbocycles. The highest BCUT2D eigenvalue weighted by Gasteiger charge is 1.95. The third-order valence-electron chi connectivity index (χ3n) is 1.91. The second-order valence-corrected chi connectivity index (χ2v) is 4.36. The topological polar surface area (TPSA) is 0 Å². The monoisotopic (exact) mass is 246 g/mol. The molecule has 0 radical (unpaired) electrons. The second-order valence-electron chi connectivity index (χ2n) is 3.21. The Labute approximate surface area is 110 Å². The summed E-state index contributed by atoms with van der Waals surface area (Å²) in [6.45, 7) is 11.9. The Morgan fingerprint density at radius 3 is 2.24 bits per heavy atom. The molecule has 92 valence electrons. The summed E-state index contributed by atoms with van der Waals surface area (Å²) in [4.78, 5) is 2.41. The third-order valence-corrected chi connectivity index (χ3v) is 2.96. The van der Waals surface area contributed by atoms with Crippen LogP contribution in [0.4, 0.5) is 0 Å². The van der Waals surface area contributed by atoms with Crippen molar-refractivity contribution in [1.82, 2.24) is 0 Å². The van der Waals surface area contributed by atoms with Gasteiger partial charge in [-0.05, 0) is 32.1 Å². The summed E-state index contributed by atoms with van der Waals surface area (Å²) in [6.07, 6.45) is 7.99. The predicted molar refractivity (Wildman–Crippen MR) is 81.5 cm³/mol. The lowest BCUT2D eigenvalue weighted by Crippen LogP contribution is -1.74. The number of hydrogen-bond donors (Lipinski definition) is 0. The Kier molecular flexibility index (Phi) is 9.27. The Hall–Kier alpha value is -1.21. The average molecular weight is 246 g/mol. The summed E-state index contributed by atoms with van der Waals surface area (Å²) in [7, 11) is 0. The van der Waals surface area contributed by atoms with Crippen LogP contribution in [-0.2, 0) is 0 Å². The van der Waals surface area contributed by atoms with Crippen LogP contribution in [0.1, 0.15) is 26.3 Å². The van der Waals surface area contributed by atoms with Crippen molar-refractivity contribution in [3.8, 4) is 0 Å². The van der Waals surface area contributed by atoms with Crippen molar-refractivity contribution >= 4 is 11.8 Å². The smallest absolute Gasteiger partial charge is 0.0122 e. The van der Waals surface area contributed by atoms with Crippen LogP contribution in [0.25, 0.3) is 0 Å². The molecule has 0 N–H and O–H groups in total. The van der Waals surface area contributed by atoms with E-state index in [9.17, 15) is 0 Å². The molecule has 1 rings (SSSR count). The molecule has 0 aromatic heterocycles. The molecule has 0 fully saturated rings. The van der Waals surface area contributed by atoms with Gasteiger partial charge in [0, 0.05) is 9.80 Å². The zero-order valence-electron chi connectivity index (χ0n) is 11.2. The highest BCUT2D eigenvalue weighted by atomic mass is 32.2. The summed E-state index contributed by atoms with van der Waals surface area (Å²) in [5.41, 5.74) is 1.29. The minimum absolute atomic E-state index is 1.16. The van der Waals surface area contributed by atoms with E-state index >= 15 is 0 Å². The van der Waals surface area contributed by atoms with Gasteiger partial charge in [-0.2, -0.15) is 0 Å². The van der Waals surface area contributed by atoms with Gasteiger partial charge in [-0.3, -0.25) is 0 Å². The first-order valence-electron chi connectivity index (χ1n) is 5.96. The van der Waals surface area contributed by atoms with E-state index in [1.807, 2.05) is 39.0 Å². The van der Waals surface area contributed by atoms with Crippen molar-refractivity contribution in [2.45, 2.75) is 32.6 Å². The van der Waals surface area contributed by atoms with Gasteiger partial charge in [-0.15, -0.1) is 0 Å². The lowest BCUT2D eigenvalue weighted by atomic mass is 10.2. The Balaban J connectivity index is 0.00000121. The van der Waals surface area contributed by atoms with Gasteiger partial charge in [0.1, 0.15) is 0 Å². The molecular weight excluding hydrogens is 224 g/mol. The molecular formula is C16H22S. The maximum atomic E-state index is 3.80. The molecule has 0 saturated heterocycles. The minimum Gasteiger partial charge on any atom is -0.0979 e. The van der Waals surface area contributed by atoms with Gasteiger partial charge in [0.05, 0.1) is 0 Å². The molecule has 17 heavy (non-hydrogen) atoms. The largest absolute Gasteiger partial charge is 0.0979 e. The molecule has 0 heterocycles. The average Bonchev–Trinajstić information content (AvgIpc) is 2.39. The molecule has 0 aliphatic heterocycles. The van der Waals surface area contributed by atoms with Gasteiger partial charge in [0.25, 0.3) is 0 Å². The lowest BCUT2D eigenvalue weighted by Gasteiger charge is -2.01. The van der Waals surface area contributed by atoms with Crippen molar-refractivity contribution in [3.05, 3.63) is 65.6 Å². The van der Waals surface area contributed by atoms with E-state index in [-0.39, 0.29) is 0 Å². The number of hydrogen-bond acceptors (Lipinski definition) is 1. The summed E-state index contributed by atoms with van der Waals surface area (Å²) < 4.78 is 0. The van der Waals surface area contributed by atoms with Crippen LogP contribution in [0.3, 0.4) is 0 Å². The van der Waals surface area contributed by atoms with Crippen LogP contribution in [0.2, 0.25) is 0 Å². The zero-order valence-corrected chi connectivity index (χ0v) is 12.1. The molecule has 0 spiro atoms. The van der Waals surface area contributed by atoms with Gasteiger partial charge in [-0.25, -0.2) is 0 Å². The summed E-state index contributed by atoms with van der Waals surface area (Å²) in [6, 6.07) is 8.51. The van der Waals surface area contributed by atoms with Crippen LogP contribution in [0.5, 0.6) is 0 Å². The predicted octanol–water partition coefficient (Wildman–Crippen LogP) is 5.76. The fourth-order valence-electron chi connectivity index (χ4n) is 1.08. The zero-order chi connectivity index (χ0) is 13.1. The molecule has 1 aromatic rings. The first kappa shape index (κ1) is 15.8. The van der Waals surface area contributed by atoms with E-state index < -0.39 is 0 Å². The first-order chi connectivity index (χ1) is 8.26. The molecule has 1 heteroatoms. The molecule has 0 atom stereocenters. The standard InChI is InChI=1S/C14H16S.C2H6/c1-4-6-7-13(5-2)15-14-10-8-12(3)9-11-14;1-2/h4-11H,2H2,1,3H3;1-2H3/b6-4-,13-7+;. The molecule has 0 saturated carbocycles. The summed E-state index contributed by atoms with van der Waals surface area (Å²) in [5, 5.41) is 0. The molecule has 0 aliphatic rings. The molecule has 0 bridgehead atoms. The Bertz CT molecular complexity index is 369. The van der Waals surface area contributed by atoms with Crippen LogP contribution in [0, 0.1) is 6.92 Å². The molecule has 0 nitrogen and oxygen atoms in total. The highest BCUT2D eigenvalue weighted by molar-refractivity contribution is 8.03. The fourth-order valence-corrected chi connectivity index (χ4v) is 1.85. The third kappa shape index (κ3) is 6.85. The molecule has 0 unspecified atom stereocenters. The first-order valence-corrected chi connectivity index (χ1v) is 6.78. The van der Waals surface area contributed by atoms with E-state index in [4.69, 9.17) is 0 Å². The Morgan fingerprint density at radius 1 is 1.18 bits per heavy atom. The van der Waals surface area contributed by atoms with E-state index in [0.29, 0.717) is 0 Å². The maximum absolute atomic E-state index is 3.80. The van der Waals surface area contributed by atoms with Crippen molar-refractivity contribution in [1.29, 1.82) is 0 Å². The van der Waals surface area contributed by atoms with E-state index in [1.54, 1.807) is 11.8 Å². The van der Waals surface area contributed by atoms with Crippen molar-refractivity contribution < 1.29 is 0 Å². The number of rotatable bonds is 4. The summed E-state index contributed by atoms with van der Waals surface area (Å²) >= 11 is 1.73. The van der Waals surface area contributed by atoms with Crippen molar-refractivity contribution in [2.24, 2.45) is 0 Å². The van der Waals surface area contributed by atoms with E-state index in [0.717, 1.165) is 4.91 Å². The second kappa shape index (κ2) is 9.98. The van der Waals surface area contributed by atoms with Crippen LogP contribution < -0.4 is 0 Å². The normalized spacial score (nSPS) is 10.9. The van der Waals surface area contributed by atoms with E-state index in [1.165, 1.54) is 10.5 Å². The fraction of sp³-hybridized carbons (Fsp3) is 0.250. The van der Waals surface area contributed by atoms with Gasteiger partial charge < -0.3 is 0 Å². The van der Waals surface area contributed by atoms with Crippen LogP contribution >= 0.6 is 11.8 Å². The van der Waals surface area contributed by atoms with Crippen molar-refractivity contribution in [2.75, 3.05) is 0 Å². The number of thioether (sulfide) groups is 1. The van der Waals surface area contributed by atoms with Gasteiger partial charge in [-0.1, -0.05) is 68.1 Å². The number of aryl methyl sites for hydroxylation is 1. The number of allylic oxidation sites excluding steroid dienone is 4. The van der Waals surface area contributed by atoms with Gasteiger partial charge >= 0.3 is 0 Å². The summed E-state index contributed by atoms with van der Waals surface area (Å²) in [5.74, 6) is 0. The maximum Gasteiger partial charge on any atom is 0.0122 e. The van der Waals surface area contributed by atoms with Crippen LogP contribution in [0.15, 0.2) is 64.9 Å². The van der Waals surface area contributed by atoms with Crippen molar-refractivity contribution in [3.63, 3.8) is 0 Å². The van der Waals surface area contributed by atoms with E-state index in [2.05, 4.69) is 43.8 Å². The highest BCUT2D eigenvalue weighted by Crippen LogP contribution is 2.27. The molecule has 0 aliphatic carbocycles. The number of benzene rings is 1.